The van der Waals surface area contributed by atoms with Gasteiger partial charge in [0, 0.05) is 17.0 Å². The molecular formula is C16H16ClN5O3. The van der Waals surface area contributed by atoms with Crippen LogP contribution in [0.5, 0.6) is 0 Å². The van der Waals surface area contributed by atoms with Crippen molar-refractivity contribution in [3.05, 3.63) is 35.6 Å². The van der Waals surface area contributed by atoms with Gasteiger partial charge in [-0.05, 0) is 12.1 Å². The molecule has 1 aliphatic heterocycles. The van der Waals surface area contributed by atoms with Crippen molar-refractivity contribution in [2.24, 2.45) is 0 Å². The molecule has 1 saturated heterocycles. The van der Waals surface area contributed by atoms with Crippen LogP contribution in [0.25, 0.3) is 22.3 Å². The molecule has 2 aromatic heterocycles. The summed E-state index contributed by atoms with van der Waals surface area (Å²) < 4.78 is 7.20. The van der Waals surface area contributed by atoms with Crippen molar-refractivity contribution in [3.8, 4) is 11.3 Å². The van der Waals surface area contributed by atoms with Crippen LogP contribution in [0, 0.1) is 0 Å². The largest absolute Gasteiger partial charge is 0.394 e. The molecule has 0 unspecified atom stereocenters. The minimum absolute atomic E-state index is 0.173. The Morgan fingerprint density at radius 3 is 2.72 bits per heavy atom. The van der Waals surface area contributed by atoms with Crippen molar-refractivity contribution < 1.29 is 14.9 Å². The maximum Gasteiger partial charge on any atom is 0.178 e. The highest BCUT2D eigenvalue weighted by Crippen LogP contribution is 2.36. The Morgan fingerprint density at radius 1 is 1.28 bits per heavy atom. The van der Waals surface area contributed by atoms with Gasteiger partial charge in [-0.1, -0.05) is 23.7 Å². The normalized spacial score (nSPS) is 23.4. The molecule has 1 aliphatic rings. The summed E-state index contributed by atoms with van der Waals surface area (Å²) in [5.41, 5.74) is 7.88. The summed E-state index contributed by atoms with van der Waals surface area (Å²) in [5.74, 6) is 0.285. The van der Waals surface area contributed by atoms with Crippen LogP contribution < -0.4 is 5.73 Å². The third-order valence-corrected chi connectivity index (χ3v) is 4.50. The van der Waals surface area contributed by atoms with Crippen molar-refractivity contribution in [1.82, 2.24) is 19.7 Å². The number of hydrogen-bond donors (Lipinski definition) is 3. The fourth-order valence-corrected chi connectivity index (χ4v) is 3.18. The van der Waals surface area contributed by atoms with E-state index >= 15 is 0 Å². The summed E-state index contributed by atoms with van der Waals surface area (Å²) in [6, 6.07) is 7.15. The Bertz CT molecular complexity index is 914. The fraction of sp³-hybridized carbons (Fsp3) is 0.312. The predicted octanol–water partition coefficient (Wildman–Crippen LogP) is 1.37. The molecule has 9 heteroatoms. The number of rotatable bonds is 3. The molecule has 0 radical (unpaired) electrons. The first kappa shape index (κ1) is 16.2. The molecule has 3 heterocycles. The number of nitrogens with zero attached hydrogens (tertiary/aromatic N) is 4. The molecule has 0 amide bonds. The number of ether oxygens (including phenoxy) is 1. The van der Waals surface area contributed by atoms with Crippen molar-refractivity contribution in [3.63, 3.8) is 0 Å². The van der Waals surface area contributed by atoms with Crippen LogP contribution in [0.3, 0.4) is 0 Å². The van der Waals surface area contributed by atoms with Gasteiger partial charge in [-0.25, -0.2) is 14.6 Å². The first-order chi connectivity index (χ1) is 12.1. The Balaban J connectivity index is 1.89. The van der Waals surface area contributed by atoms with E-state index in [-0.39, 0.29) is 12.4 Å². The maximum atomic E-state index is 10.3. The van der Waals surface area contributed by atoms with Gasteiger partial charge in [-0.3, -0.25) is 0 Å². The van der Waals surface area contributed by atoms with Crippen molar-refractivity contribution >= 4 is 28.5 Å². The molecule has 3 atom stereocenters. The number of nitrogens with two attached hydrogens (primary N) is 1. The molecule has 8 nitrogen and oxygen atoms in total. The van der Waals surface area contributed by atoms with Gasteiger partial charge in [0.1, 0.15) is 23.9 Å². The lowest BCUT2D eigenvalue weighted by molar-refractivity contribution is -0.0547. The molecule has 25 heavy (non-hydrogen) atoms. The summed E-state index contributed by atoms with van der Waals surface area (Å²) in [6.45, 7) is -0.173. The molecular weight excluding hydrogens is 346 g/mol. The smallest absolute Gasteiger partial charge is 0.178 e. The van der Waals surface area contributed by atoms with E-state index in [4.69, 9.17) is 22.1 Å². The quantitative estimate of drug-likeness (QED) is 0.644. The third kappa shape index (κ3) is 2.73. The van der Waals surface area contributed by atoms with Gasteiger partial charge in [0.25, 0.3) is 0 Å². The predicted molar refractivity (Wildman–Crippen MR) is 91.8 cm³/mol. The van der Waals surface area contributed by atoms with E-state index in [1.165, 1.54) is 11.0 Å². The molecule has 3 aromatic rings. The number of fused-ring (bicyclic) bond motifs is 1. The highest BCUT2D eigenvalue weighted by atomic mass is 35.5. The van der Waals surface area contributed by atoms with Crippen molar-refractivity contribution in [1.29, 1.82) is 0 Å². The number of nitrogen functional groups attached to an aromatic ring is 1. The van der Waals surface area contributed by atoms with Crippen LogP contribution in [0.4, 0.5) is 5.82 Å². The first-order valence-corrected chi connectivity index (χ1v) is 8.15. The summed E-state index contributed by atoms with van der Waals surface area (Å²) in [6.07, 6.45) is -0.354. The Kier molecular flexibility index (Phi) is 4.04. The number of aliphatic hydroxyl groups excluding tert-OH is 2. The molecule has 1 aromatic carbocycles. The van der Waals surface area contributed by atoms with E-state index in [0.29, 0.717) is 28.2 Å². The molecule has 4 rings (SSSR count). The number of benzene rings is 1. The monoisotopic (exact) mass is 361 g/mol. The molecule has 130 valence electrons. The number of halogens is 1. The molecule has 0 saturated carbocycles. The standard InChI is InChI=1S/C16H16ClN5O3/c17-9-3-1-8(2-4-9)13-12-14(18)19-7-20-15(12)22(21-13)16-11(24)5-10(6-23)25-16/h1-4,7,10-11,16,23-24H,5-6H2,(H2,18,19,20)/t10-,11+,16+/m0/s1. The van der Waals surface area contributed by atoms with Gasteiger partial charge in [0.2, 0.25) is 0 Å². The maximum absolute atomic E-state index is 10.3. The van der Waals surface area contributed by atoms with E-state index < -0.39 is 18.4 Å². The molecule has 0 spiro atoms. The average molecular weight is 362 g/mol. The van der Waals surface area contributed by atoms with Crippen molar-refractivity contribution in [2.75, 3.05) is 12.3 Å². The minimum Gasteiger partial charge on any atom is -0.394 e. The topological polar surface area (TPSA) is 119 Å². The van der Waals surface area contributed by atoms with Crippen LogP contribution in [-0.4, -0.2) is 48.8 Å². The van der Waals surface area contributed by atoms with E-state index in [1.54, 1.807) is 12.1 Å². The zero-order chi connectivity index (χ0) is 17.6. The zero-order valence-corrected chi connectivity index (χ0v) is 13.8. The zero-order valence-electron chi connectivity index (χ0n) is 13.1. The number of aromatic nitrogens is 4. The highest BCUT2D eigenvalue weighted by molar-refractivity contribution is 6.30. The van der Waals surface area contributed by atoms with Crippen molar-refractivity contribution in [2.45, 2.75) is 24.9 Å². The summed E-state index contributed by atoms with van der Waals surface area (Å²) in [4.78, 5) is 8.31. The summed E-state index contributed by atoms with van der Waals surface area (Å²) >= 11 is 5.96. The molecule has 1 fully saturated rings. The second-order valence-electron chi connectivity index (χ2n) is 5.89. The van der Waals surface area contributed by atoms with Gasteiger partial charge >= 0.3 is 0 Å². The number of aliphatic hydroxyl groups is 2. The second-order valence-corrected chi connectivity index (χ2v) is 6.33. The van der Waals surface area contributed by atoms with Crippen LogP contribution in [0.15, 0.2) is 30.6 Å². The SMILES string of the molecule is Nc1ncnc2c1c(-c1ccc(Cl)cc1)nn2[C@@H]1O[C@H](CO)C[C@H]1O. The molecule has 0 bridgehead atoms. The minimum atomic E-state index is -0.811. The summed E-state index contributed by atoms with van der Waals surface area (Å²) in [7, 11) is 0. The van der Waals surface area contributed by atoms with Gasteiger partial charge < -0.3 is 20.7 Å². The van der Waals surface area contributed by atoms with Crippen LogP contribution in [-0.2, 0) is 4.74 Å². The van der Waals surface area contributed by atoms with E-state index in [0.717, 1.165) is 5.56 Å². The molecule has 4 N–H and O–H groups in total. The first-order valence-electron chi connectivity index (χ1n) is 7.77. The lowest BCUT2D eigenvalue weighted by atomic mass is 10.1. The Hall–Kier alpha value is -2.26. The highest BCUT2D eigenvalue weighted by Gasteiger charge is 2.37. The van der Waals surface area contributed by atoms with Crippen LogP contribution in [0.2, 0.25) is 5.02 Å². The van der Waals surface area contributed by atoms with E-state index in [2.05, 4.69) is 15.1 Å². The Labute approximate surface area is 147 Å². The lowest BCUT2D eigenvalue weighted by Gasteiger charge is -2.15. The van der Waals surface area contributed by atoms with E-state index in [1.807, 2.05) is 12.1 Å². The van der Waals surface area contributed by atoms with Crippen LogP contribution >= 0.6 is 11.6 Å². The Morgan fingerprint density at radius 2 is 2.04 bits per heavy atom. The van der Waals surface area contributed by atoms with Gasteiger partial charge in [-0.15, -0.1) is 0 Å². The average Bonchev–Trinajstić information content (AvgIpc) is 3.17. The fourth-order valence-electron chi connectivity index (χ4n) is 3.05. The molecule has 0 aliphatic carbocycles. The number of hydrogen-bond acceptors (Lipinski definition) is 7. The second kappa shape index (κ2) is 6.23. The summed E-state index contributed by atoms with van der Waals surface area (Å²) in [5, 5.41) is 25.4. The van der Waals surface area contributed by atoms with Gasteiger partial charge in [0.15, 0.2) is 11.9 Å². The lowest BCUT2D eigenvalue weighted by Crippen LogP contribution is -2.21. The third-order valence-electron chi connectivity index (χ3n) is 4.25. The number of anilines is 1. The van der Waals surface area contributed by atoms with Gasteiger partial charge in [-0.2, -0.15) is 5.10 Å². The van der Waals surface area contributed by atoms with Crippen LogP contribution in [0.1, 0.15) is 12.6 Å². The van der Waals surface area contributed by atoms with E-state index in [9.17, 15) is 10.2 Å². The van der Waals surface area contributed by atoms with Gasteiger partial charge in [0.05, 0.1) is 18.1 Å².